The first-order chi connectivity index (χ1) is 17.2. The molecule has 0 unspecified atom stereocenters. The van der Waals surface area contributed by atoms with Gasteiger partial charge in [-0.25, -0.2) is 0 Å². The molecule has 0 amide bonds. The van der Waals surface area contributed by atoms with Crippen LogP contribution in [0.4, 0.5) is 0 Å². The van der Waals surface area contributed by atoms with Gasteiger partial charge in [-0.1, -0.05) is 91.0 Å². The summed E-state index contributed by atoms with van der Waals surface area (Å²) in [7, 11) is -0.472. The Morgan fingerprint density at radius 3 is 1.37 bits per heavy atom. The summed E-state index contributed by atoms with van der Waals surface area (Å²) in [6.07, 6.45) is 0. The Morgan fingerprint density at radius 1 is 0.543 bits per heavy atom. The highest BCUT2D eigenvalue weighted by Gasteiger charge is 2.39. The Labute approximate surface area is 214 Å². The summed E-state index contributed by atoms with van der Waals surface area (Å²) in [4.78, 5) is 4.88. The first-order valence-corrected chi connectivity index (χ1v) is 13.3. The van der Waals surface area contributed by atoms with Crippen molar-refractivity contribution in [3.63, 3.8) is 0 Å². The van der Waals surface area contributed by atoms with Gasteiger partial charge in [0.25, 0.3) is 0 Å². The molecule has 2 aromatic heterocycles. The number of hydrogen-bond donors (Lipinski definition) is 0. The molecule has 2 nitrogen and oxygen atoms in total. The lowest BCUT2D eigenvalue weighted by Gasteiger charge is -2.07. The zero-order chi connectivity index (χ0) is 23.8. The third-order valence-electron chi connectivity index (χ3n) is 6.17. The highest BCUT2D eigenvalue weighted by atomic mass is 32.1. The average molecular weight is 490 g/mol. The molecule has 170 valence electrons. The molecule has 0 fully saturated rings. The second kappa shape index (κ2) is 9.25. The lowest BCUT2D eigenvalue weighted by Crippen LogP contribution is -2.32. The molecule has 1 aliphatic rings. The van der Waals surface area contributed by atoms with Crippen LogP contribution >= 0.6 is 22.7 Å². The standard InChI is InChI=1S/C30H23BO2S2/c1-20-25(18-27(34-20)22-12-6-3-7-13-22)29-30(33-31(32-29)24-16-10-5-11-17-24)26-19-28(35-21(26)2)23-14-8-4-9-15-23/h3-19H,1-2H3. The second-order valence-electron chi connectivity index (χ2n) is 8.53. The van der Waals surface area contributed by atoms with Crippen LogP contribution in [0, 0.1) is 13.8 Å². The molecule has 0 radical (unpaired) electrons. The molecule has 0 aliphatic carbocycles. The van der Waals surface area contributed by atoms with Crippen LogP contribution in [-0.4, -0.2) is 7.12 Å². The Balaban J connectivity index is 1.47. The zero-order valence-corrected chi connectivity index (χ0v) is 21.2. The molecule has 5 aromatic rings. The number of rotatable bonds is 5. The fourth-order valence-electron chi connectivity index (χ4n) is 4.37. The van der Waals surface area contributed by atoms with Crippen LogP contribution in [0.5, 0.6) is 0 Å². The van der Waals surface area contributed by atoms with Crippen molar-refractivity contribution in [3.05, 3.63) is 124 Å². The summed E-state index contributed by atoms with van der Waals surface area (Å²) in [6, 6.07) is 35.6. The molecular weight excluding hydrogens is 467 g/mol. The van der Waals surface area contributed by atoms with Gasteiger partial charge in [-0.3, -0.25) is 0 Å². The molecule has 0 atom stereocenters. The minimum Gasteiger partial charge on any atom is -0.519 e. The third-order valence-corrected chi connectivity index (χ3v) is 8.37. The summed E-state index contributed by atoms with van der Waals surface area (Å²) in [5.74, 6) is 1.63. The second-order valence-corrected chi connectivity index (χ2v) is 11.0. The topological polar surface area (TPSA) is 18.5 Å². The van der Waals surface area contributed by atoms with E-state index >= 15 is 0 Å². The number of benzene rings is 3. The average Bonchev–Trinajstić information content (AvgIpc) is 3.62. The maximum atomic E-state index is 6.57. The van der Waals surface area contributed by atoms with E-state index in [4.69, 9.17) is 9.31 Å². The number of hydrogen-bond acceptors (Lipinski definition) is 4. The van der Waals surface area contributed by atoms with Crippen molar-refractivity contribution in [3.8, 4) is 20.9 Å². The molecular formula is C30H23BO2S2. The van der Waals surface area contributed by atoms with Crippen molar-refractivity contribution in [1.29, 1.82) is 0 Å². The van der Waals surface area contributed by atoms with Gasteiger partial charge in [0, 0.05) is 36.1 Å². The molecule has 0 spiro atoms. The fourth-order valence-corrected chi connectivity index (χ4v) is 6.41. The minimum absolute atomic E-state index is 0.472. The van der Waals surface area contributed by atoms with E-state index in [1.165, 1.54) is 30.6 Å². The summed E-state index contributed by atoms with van der Waals surface area (Å²) >= 11 is 3.58. The molecule has 0 bridgehead atoms. The normalized spacial score (nSPS) is 13.1. The molecule has 1 aliphatic heterocycles. The summed E-state index contributed by atoms with van der Waals surface area (Å²) in [5.41, 5.74) is 5.62. The molecule has 5 heteroatoms. The van der Waals surface area contributed by atoms with Crippen LogP contribution in [0.3, 0.4) is 0 Å². The smallest absolute Gasteiger partial charge is 0.519 e. The van der Waals surface area contributed by atoms with E-state index in [1.54, 1.807) is 22.7 Å². The fraction of sp³-hybridized carbons (Fsp3) is 0.0667. The monoisotopic (exact) mass is 490 g/mol. The molecule has 0 saturated heterocycles. The molecule has 35 heavy (non-hydrogen) atoms. The van der Waals surface area contributed by atoms with Gasteiger partial charge in [-0.2, -0.15) is 0 Å². The van der Waals surface area contributed by atoms with Crippen LogP contribution in [0.15, 0.2) is 103 Å². The highest BCUT2D eigenvalue weighted by molar-refractivity contribution is 7.16. The maximum absolute atomic E-state index is 6.57. The first-order valence-electron chi connectivity index (χ1n) is 11.6. The highest BCUT2D eigenvalue weighted by Crippen LogP contribution is 2.44. The van der Waals surface area contributed by atoms with Gasteiger partial charge in [0.1, 0.15) is 0 Å². The van der Waals surface area contributed by atoms with Gasteiger partial charge in [-0.15, -0.1) is 22.7 Å². The zero-order valence-electron chi connectivity index (χ0n) is 19.5. The maximum Gasteiger partial charge on any atom is 0.632 e. The van der Waals surface area contributed by atoms with E-state index in [-0.39, 0.29) is 0 Å². The third kappa shape index (κ3) is 4.22. The van der Waals surface area contributed by atoms with Gasteiger partial charge in [-0.05, 0) is 37.1 Å². The predicted molar refractivity (Wildman–Crippen MR) is 150 cm³/mol. The van der Waals surface area contributed by atoms with Crippen LogP contribution in [0.1, 0.15) is 20.9 Å². The van der Waals surface area contributed by atoms with E-state index in [9.17, 15) is 0 Å². The largest absolute Gasteiger partial charge is 0.632 e. The molecule has 0 saturated carbocycles. The van der Waals surface area contributed by atoms with E-state index < -0.39 is 7.12 Å². The van der Waals surface area contributed by atoms with E-state index in [2.05, 4.69) is 86.6 Å². The van der Waals surface area contributed by atoms with Gasteiger partial charge < -0.3 is 9.31 Å². The Morgan fingerprint density at radius 2 is 0.943 bits per heavy atom. The lowest BCUT2D eigenvalue weighted by atomic mass is 9.79. The van der Waals surface area contributed by atoms with Crippen molar-refractivity contribution >= 4 is 46.8 Å². The van der Waals surface area contributed by atoms with Crippen molar-refractivity contribution in [2.24, 2.45) is 0 Å². The number of thiophene rings is 2. The van der Waals surface area contributed by atoms with Gasteiger partial charge in [0.15, 0.2) is 11.5 Å². The summed E-state index contributed by atoms with van der Waals surface area (Å²) in [6.45, 7) is 4.32. The van der Waals surface area contributed by atoms with Crippen molar-refractivity contribution in [2.75, 3.05) is 0 Å². The Bertz CT molecular complexity index is 1410. The molecule has 3 aromatic carbocycles. The van der Waals surface area contributed by atoms with Crippen LogP contribution in [-0.2, 0) is 9.31 Å². The predicted octanol–water partition coefficient (Wildman–Crippen LogP) is 8.03. The molecule has 3 heterocycles. The van der Waals surface area contributed by atoms with Crippen molar-refractivity contribution in [1.82, 2.24) is 0 Å². The van der Waals surface area contributed by atoms with Gasteiger partial charge in [0.05, 0.1) is 0 Å². The first kappa shape index (κ1) is 22.0. The molecule has 0 N–H and O–H groups in total. The molecule has 6 rings (SSSR count). The van der Waals surface area contributed by atoms with E-state index in [0.29, 0.717) is 0 Å². The van der Waals surface area contributed by atoms with Crippen molar-refractivity contribution < 1.29 is 9.31 Å². The van der Waals surface area contributed by atoms with Crippen LogP contribution in [0.2, 0.25) is 0 Å². The minimum atomic E-state index is -0.472. The van der Waals surface area contributed by atoms with Crippen molar-refractivity contribution in [2.45, 2.75) is 13.8 Å². The van der Waals surface area contributed by atoms with Crippen LogP contribution in [0.25, 0.3) is 32.4 Å². The summed E-state index contributed by atoms with van der Waals surface area (Å²) in [5, 5.41) is 0. The van der Waals surface area contributed by atoms with E-state index in [1.807, 2.05) is 30.3 Å². The lowest BCUT2D eigenvalue weighted by molar-refractivity contribution is 0.445. The van der Waals surface area contributed by atoms with Gasteiger partial charge in [0.2, 0.25) is 0 Å². The SMILES string of the molecule is Cc1sc(-c2ccccc2)cc1C1=C(c2cc(-c3ccccc3)sc2C)OB(c2ccccc2)O1. The quantitative estimate of drug-likeness (QED) is 0.232. The van der Waals surface area contributed by atoms with Crippen LogP contribution < -0.4 is 5.46 Å². The Hall–Kier alpha value is -3.54. The Kier molecular flexibility index (Phi) is 5.81. The number of aryl methyl sites for hydroxylation is 2. The van der Waals surface area contributed by atoms with E-state index in [0.717, 1.165) is 28.1 Å². The van der Waals surface area contributed by atoms with Gasteiger partial charge >= 0.3 is 7.12 Å². The summed E-state index contributed by atoms with van der Waals surface area (Å²) < 4.78 is 13.1.